The SMILES string of the molecule is Cc1ccc(NC(=O)c2cccc(S(=O)(=O)NC3=CC(C(=O)O)CC=C3)c2)cc1. The summed E-state index contributed by atoms with van der Waals surface area (Å²) < 4.78 is 27.7. The molecule has 3 N–H and O–H groups in total. The van der Waals surface area contributed by atoms with Crippen molar-refractivity contribution in [1.82, 2.24) is 4.72 Å². The number of sulfonamides is 1. The molecule has 0 aliphatic heterocycles. The molecule has 2 aromatic rings. The first-order chi connectivity index (χ1) is 13.7. The lowest BCUT2D eigenvalue weighted by Gasteiger charge is -2.15. The fourth-order valence-corrected chi connectivity index (χ4v) is 3.88. The van der Waals surface area contributed by atoms with Crippen LogP contribution in [0.5, 0.6) is 0 Å². The van der Waals surface area contributed by atoms with Crippen LogP contribution in [-0.2, 0) is 14.8 Å². The van der Waals surface area contributed by atoms with E-state index >= 15 is 0 Å². The fraction of sp³-hybridized carbons (Fsp3) is 0.143. The predicted octanol–water partition coefficient (Wildman–Crippen LogP) is 3.07. The van der Waals surface area contributed by atoms with Gasteiger partial charge in [-0.2, -0.15) is 0 Å². The van der Waals surface area contributed by atoms with Crippen molar-refractivity contribution in [1.29, 1.82) is 0 Å². The van der Waals surface area contributed by atoms with E-state index in [2.05, 4.69) is 10.0 Å². The van der Waals surface area contributed by atoms with Crippen LogP contribution in [0.1, 0.15) is 22.3 Å². The number of nitrogens with one attached hydrogen (secondary N) is 2. The zero-order valence-electron chi connectivity index (χ0n) is 15.6. The molecule has 1 unspecified atom stereocenters. The van der Waals surface area contributed by atoms with Crippen molar-refractivity contribution in [3.63, 3.8) is 0 Å². The zero-order chi connectivity index (χ0) is 21.0. The Bertz CT molecular complexity index is 1100. The highest BCUT2D eigenvalue weighted by Gasteiger charge is 2.21. The van der Waals surface area contributed by atoms with Crippen LogP contribution in [0.4, 0.5) is 5.69 Å². The molecule has 0 heterocycles. The molecular weight excluding hydrogens is 392 g/mol. The third-order valence-electron chi connectivity index (χ3n) is 4.35. The van der Waals surface area contributed by atoms with Crippen molar-refractivity contribution >= 4 is 27.6 Å². The highest BCUT2D eigenvalue weighted by atomic mass is 32.2. The first-order valence-corrected chi connectivity index (χ1v) is 10.3. The largest absolute Gasteiger partial charge is 0.481 e. The summed E-state index contributed by atoms with van der Waals surface area (Å²) in [6.07, 6.45) is 4.77. The summed E-state index contributed by atoms with van der Waals surface area (Å²) in [7, 11) is -3.99. The van der Waals surface area contributed by atoms with Crippen molar-refractivity contribution in [2.24, 2.45) is 5.92 Å². The number of hydrogen-bond donors (Lipinski definition) is 3. The number of aliphatic carboxylic acids is 1. The second kappa shape index (κ2) is 8.32. The van der Waals surface area contributed by atoms with E-state index in [1.807, 2.05) is 19.1 Å². The molecule has 0 saturated heterocycles. The van der Waals surface area contributed by atoms with Crippen LogP contribution in [0.15, 0.2) is 77.4 Å². The van der Waals surface area contributed by atoms with E-state index in [0.29, 0.717) is 12.1 Å². The van der Waals surface area contributed by atoms with Gasteiger partial charge in [0.25, 0.3) is 15.9 Å². The summed E-state index contributed by atoms with van der Waals surface area (Å²) in [5, 5.41) is 11.8. The predicted molar refractivity (Wildman–Crippen MR) is 109 cm³/mol. The van der Waals surface area contributed by atoms with Gasteiger partial charge in [-0.15, -0.1) is 0 Å². The van der Waals surface area contributed by atoms with Gasteiger partial charge in [0, 0.05) is 16.9 Å². The molecular formula is C21H20N2O5S. The van der Waals surface area contributed by atoms with E-state index in [4.69, 9.17) is 5.11 Å². The average Bonchev–Trinajstić information content (AvgIpc) is 2.69. The van der Waals surface area contributed by atoms with Gasteiger partial charge in [0.2, 0.25) is 0 Å². The minimum atomic E-state index is -3.99. The Labute approximate surface area is 168 Å². The smallest absolute Gasteiger partial charge is 0.310 e. The number of rotatable bonds is 6. The standard InChI is InChI=1S/C21H20N2O5S/c1-14-8-10-17(11-9-14)22-20(24)15-4-3-7-19(13-15)29(27,28)23-18-6-2-5-16(12-18)21(25)26/h2-4,6-13,16,23H,5H2,1H3,(H,22,24)(H,25,26). The van der Waals surface area contributed by atoms with Gasteiger partial charge in [-0.05, 0) is 55.8 Å². The summed E-state index contributed by atoms with van der Waals surface area (Å²) in [5.74, 6) is -2.25. The molecule has 2 aromatic carbocycles. The van der Waals surface area contributed by atoms with Gasteiger partial charge < -0.3 is 10.4 Å². The monoisotopic (exact) mass is 412 g/mol. The number of amides is 1. The Kier molecular flexibility index (Phi) is 5.84. The molecule has 0 fully saturated rings. The van der Waals surface area contributed by atoms with Crippen molar-refractivity contribution in [2.45, 2.75) is 18.2 Å². The fourth-order valence-electron chi connectivity index (χ4n) is 2.78. The number of carboxylic acid groups (broad SMARTS) is 1. The number of hydrogen-bond acceptors (Lipinski definition) is 4. The number of carbonyl (C=O) groups is 2. The Hall–Kier alpha value is -3.39. The number of anilines is 1. The lowest BCUT2D eigenvalue weighted by Crippen LogP contribution is -2.25. The number of carboxylic acids is 1. The van der Waals surface area contributed by atoms with Gasteiger partial charge in [0.1, 0.15) is 0 Å². The first-order valence-electron chi connectivity index (χ1n) is 8.87. The van der Waals surface area contributed by atoms with Gasteiger partial charge in [-0.3, -0.25) is 14.3 Å². The molecule has 0 aromatic heterocycles. The first kappa shape index (κ1) is 20.3. The van der Waals surface area contributed by atoms with Crippen LogP contribution < -0.4 is 10.0 Å². The maximum absolute atomic E-state index is 12.7. The molecule has 0 bridgehead atoms. The molecule has 1 atom stereocenters. The maximum Gasteiger partial charge on any atom is 0.310 e. The number of aryl methyl sites for hydroxylation is 1. The van der Waals surface area contributed by atoms with Crippen LogP contribution in [0.2, 0.25) is 0 Å². The average molecular weight is 412 g/mol. The van der Waals surface area contributed by atoms with Gasteiger partial charge in [0.15, 0.2) is 0 Å². The second-order valence-electron chi connectivity index (χ2n) is 6.66. The van der Waals surface area contributed by atoms with Crippen molar-refractivity contribution < 1.29 is 23.1 Å². The van der Waals surface area contributed by atoms with Crippen LogP contribution >= 0.6 is 0 Å². The molecule has 29 heavy (non-hydrogen) atoms. The highest BCUT2D eigenvalue weighted by molar-refractivity contribution is 7.89. The van der Waals surface area contributed by atoms with Crippen LogP contribution in [0, 0.1) is 12.8 Å². The molecule has 0 spiro atoms. The zero-order valence-corrected chi connectivity index (χ0v) is 16.4. The summed E-state index contributed by atoms with van der Waals surface area (Å²) in [6, 6.07) is 12.9. The Balaban J connectivity index is 1.78. The molecule has 7 nitrogen and oxygen atoms in total. The van der Waals surface area contributed by atoms with E-state index in [1.165, 1.54) is 36.4 Å². The second-order valence-corrected chi connectivity index (χ2v) is 8.34. The van der Waals surface area contributed by atoms with E-state index in [9.17, 15) is 18.0 Å². The molecule has 1 amide bonds. The Morgan fingerprint density at radius 2 is 1.83 bits per heavy atom. The van der Waals surface area contributed by atoms with Crippen molar-refractivity contribution in [3.8, 4) is 0 Å². The van der Waals surface area contributed by atoms with Crippen LogP contribution in [0.3, 0.4) is 0 Å². The number of benzene rings is 2. The molecule has 3 rings (SSSR count). The minimum absolute atomic E-state index is 0.0965. The maximum atomic E-state index is 12.7. The molecule has 1 aliphatic rings. The topological polar surface area (TPSA) is 113 Å². The Morgan fingerprint density at radius 1 is 1.10 bits per heavy atom. The van der Waals surface area contributed by atoms with E-state index in [-0.39, 0.29) is 16.2 Å². The molecule has 8 heteroatoms. The quantitative estimate of drug-likeness (QED) is 0.675. The normalized spacial score (nSPS) is 16.0. The van der Waals surface area contributed by atoms with Crippen LogP contribution in [0.25, 0.3) is 0 Å². The highest BCUT2D eigenvalue weighted by Crippen LogP contribution is 2.19. The molecule has 1 aliphatic carbocycles. The molecule has 0 radical (unpaired) electrons. The Morgan fingerprint density at radius 3 is 2.52 bits per heavy atom. The van der Waals surface area contributed by atoms with Gasteiger partial charge >= 0.3 is 5.97 Å². The van der Waals surface area contributed by atoms with Crippen molar-refractivity contribution in [3.05, 3.63) is 83.6 Å². The number of carbonyl (C=O) groups excluding carboxylic acids is 1. The van der Waals surface area contributed by atoms with E-state index in [1.54, 1.807) is 18.2 Å². The summed E-state index contributed by atoms with van der Waals surface area (Å²) in [4.78, 5) is 23.5. The lowest BCUT2D eigenvalue weighted by atomic mass is 10.00. The van der Waals surface area contributed by atoms with Gasteiger partial charge in [-0.1, -0.05) is 29.8 Å². The van der Waals surface area contributed by atoms with Crippen molar-refractivity contribution in [2.75, 3.05) is 5.32 Å². The minimum Gasteiger partial charge on any atom is -0.481 e. The van der Waals surface area contributed by atoms with E-state index in [0.717, 1.165) is 5.56 Å². The molecule has 0 saturated carbocycles. The van der Waals surface area contributed by atoms with Crippen LogP contribution in [-0.4, -0.2) is 25.4 Å². The third-order valence-corrected chi connectivity index (χ3v) is 5.73. The van der Waals surface area contributed by atoms with Gasteiger partial charge in [0.05, 0.1) is 10.8 Å². The summed E-state index contributed by atoms with van der Waals surface area (Å²) in [6.45, 7) is 1.93. The molecule has 150 valence electrons. The summed E-state index contributed by atoms with van der Waals surface area (Å²) in [5.41, 5.74) is 2.02. The number of allylic oxidation sites excluding steroid dienone is 2. The van der Waals surface area contributed by atoms with Gasteiger partial charge in [-0.25, -0.2) is 8.42 Å². The van der Waals surface area contributed by atoms with E-state index < -0.39 is 27.8 Å². The summed E-state index contributed by atoms with van der Waals surface area (Å²) >= 11 is 0. The lowest BCUT2D eigenvalue weighted by molar-refractivity contribution is -0.140. The third kappa shape index (κ3) is 5.11.